The van der Waals surface area contributed by atoms with Crippen LogP contribution in [0.15, 0.2) is 12.3 Å². The summed E-state index contributed by atoms with van der Waals surface area (Å²) in [6, 6.07) is 2.08. The Labute approximate surface area is 125 Å². The Morgan fingerprint density at radius 3 is 2.71 bits per heavy atom. The molecule has 0 bridgehead atoms. The highest BCUT2D eigenvalue weighted by Crippen LogP contribution is 2.29. The Hall–Kier alpha value is -1.40. The van der Waals surface area contributed by atoms with E-state index in [1.165, 1.54) is 5.69 Å². The van der Waals surface area contributed by atoms with Crippen molar-refractivity contribution >= 4 is 5.91 Å². The number of carbonyl (C=O) groups is 1. The van der Waals surface area contributed by atoms with Crippen LogP contribution in [-0.4, -0.2) is 52.4 Å². The molecular formula is C15H24N4O2. The van der Waals surface area contributed by atoms with Crippen LogP contribution in [0.25, 0.3) is 0 Å². The van der Waals surface area contributed by atoms with Crippen molar-refractivity contribution in [2.75, 3.05) is 19.6 Å². The molecule has 6 nitrogen and oxygen atoms in total. The molecule has 1 amide bonds. The largest absolute Gasteiger partial charge is 0.364 e. The van der Waals surface area contributed by atoms with Gasteiger partial charge in [0.05, 0.1) is 6.10 Å². The lowest BCUT2D eigenvalue weighted by Crippen LogP contribution is -2.44. The molecule has 0 unspecified atom stereocenters. The standard InChI is InChI=1S/C15H24N4O2/c1-18-13(4-7-17-18)11-5-8-19(9-6-11)15(20)14-3-2-12(10-16)21-14/h4,7,11-12,14H,2-3,5-6,8-10,16H2,1H3/t12-,14+/m1/s1. The van der Waals surface area contributed by atoms with Crippen LogP contribution in [0.2, 0.25) is 0 Å². The van der Waals surface area contributed by atoms with E-state index in [1.54, 1.807) is 0 Å². The fourth-order valence-electron chi connectivity index (χ4n) is 3.44. The molecule has 0 aliphatic carbocycles. The minimum Gasteiger partial charge on any atom is -0.364 e. The SMILES string of the molecule is Cn1nccc1C1CCN(C(=O)[C@@H]2CC[C@H](CN)O2)CC1. The summed E-state index contributed by atoms with van der Waals surface area (Å²) < 4.78 is 7.65. The van der Waals surface area contributed by atoms with E-state index in [0.717, 1.165) is 38.8 Å². The van der Waals surface area contributed by atoms with Crippen molar-refractivity contribution in [3.05, 3.63) is 18.0 Å². The van der Waals surface area contributed by atoms with E-state index >= 15 is 0 Å². The van der Waals surface area contributed by atoms with Crippen molar-refractivity contribution in [3.63, 3.8) is 0 Å². The molecule has 2 aliphatic heterocycles. The lowest BCUT2D eigenvalue weighted by molar-refractivity contribution is -0.143. The highest BCUT2D eigenvalue weighted by molar-refractivity contribution is 5.81. The number of piperidine rings is 1. The van der Waals surface area contributed by atoms with Gasteiger partial charge in [0.1, 0.15) is 6.10 Å². The van der Waals surface area contributed by atoms with Crippen LogP contribution in [0, 0.1) is 0 Å². The normalized spacial score (nSPS) is 27.2. The predicted octanol–water partition coefficient (Wildman–Crippen LogP) is 0.632. The quantitative estimate of drug-likeness (QED) is 0.887. The number of likely N-dealkylation sites (tertiary alicyclic amines) is 1. The number of hydrogen-bond acceptors (Lipinski definition) is 4. The summed E-state index contributed by atoms with van der Waals surface area (Å²) in [5.41, 5.74) is 6.87. The molecule has 0 aromatic carbocycles. The number of amides is 1. The minimum absolute atomic E-state index is 0.0610. The Morgan fingerprint density at radius 1 is 1.38 bits per heavy atom. The molecular weight excluding hydrogens is 268 g/mol. The molecule has 2 atom stereocenters. The summed E-state index contributed by atoms with van der Waals surface area (Å²) in [6.45, 7) is 2.12. The number of aryl methyl sites for hydroxylation is 1. The Morgan fingerprint density at radius 2 is 2.14 bits per heavy atom. The molecule has 2 saturated heterocycles. The van der Waals surface area contributed by atoms with Gasteiger partial charge in [0.15, 0.2) is 0 Å². The molecule has 3 rings (SSSR count). The molecule has 2 N–H and O–H groups in total. The molecule has 0 saturated carbocycles. The molecule has 2 fully saturated rings. The van der Waals surface area contributed by atoms with E-state index in [4.69, 9.17) is 10.5 Å². The summed E-state index contributed by atoms with van der Waals surface area (Å²) in [4.78, 5) is 14.4. The first-order valence-corrected chi connectivity index (χ1v) is 7.81. The van der Waals surface area contributed by atoms with Gasteiger partial charge in [-0.05, 0) is 31.7 Å². The van der Waals surface area contributed by atoms with Gasteiger partial charge in [0, 0.05) is 44.5 Å². The average molecular weight is 292 g/mol. The monoisotopic (exact) mass is 292 g/mol. The van der Waals surface area contributed by atoms with E-state index < -0.39 is 0 Å². The highest BCUT2D eigenvalue weighted by Gasteiger charge is 2.34. The second-order valence-electron chi connectivity index (χ2n) is 6.04. The number of nitrogens with two attached hydrogens (primary N) is 1. The van der Waals surface area contributed by atoms with Gasteiger partial charge in [-0.3, -0.25) is 9.48 Å². The fourth-order valence-corrected chi connectivity index (χ4v) is 3.44. The number of aromatic nitrogens is 2. The van der Waals surface area contributed by atoms with Gasteiger partial charge >= 0.3 is 0 Å². The van der Waals surface area contributed by atoms with Crippen molar-refractivity contribution in [1.29, 1.82) is 0 Å². The van der Waals surface area contributed by atoms with Crippen molar-refractivity contribution in [1.82, 2.24) is 14.7 Å². The summed E-state index contributed by atoms with van der Waals surface area (Å²) >= 11 is 0. The topological polar surface area (TPSA) is 73.4 Å². The molecule has 1 aromatic rings. The van der Waals surface area contributed by atoms with Crippen LogP contribution in [-0.2, 0) is 16.6 Å². The minimum atomic E-state index is -0.271. The molecule has 0 radical (unpaired) electrons. The fraction of sp³-hybridized carbons (Fsp3) is 0.733. The van der Waals surface area contributed by atoms with Crippen molar-refractivity contribution in [3.8, 4) is 0 Å². The highest BCUT2D eigenvalue weighted by atomic mass is 16.5. The average Bonchev–Trinajstić information content (AvgIpc) is 3.15. The zero-order chi connectivity index (χ0) is 14.8. The Bertz CT molecular complexity index is 494. The van der Waals surface area contributed by atoms with E-state index in [2.05, 4.69) is 11.2 Å². The molecule has 6 heteroatoms. The van der Waals surface area contributed by atoms with Gasteiger partial charge in [-0.2, -0.15) is 5.10 Å². The van der Waals surface area contributed by atoms with Crippen molar-refractivity contribution in [2.45, 2.75) is 43.8 Å². The van der Waals surface area contributed by atoms with Gasteiger partial charge in [0.25, 0.3) is 5.91 Å². The Kier molecular flexibility index (Phi) is 4.26. The van der Waals surface area contributed by atoms with Gasteiger partial charge < -0.3 is 15.4 Å². The van der Waals surface area contributed by atoms with E-state index in [9.17, 15) is 4.79 Å². The molecule has 2 aliphatic rings. The molecule has 21 heavy (non-hydrogen) atoms. The summed E-state index contributed by atoms with van der Waals surface area (Å²) in [6.07, 6.45) is 5.33. The van der Waals surface area contributed by atoms with E-state index in [-0.39, 0.29) is 18.1 Å². The first kappa shape index (κ1) is 14.5. The predicted molar refractivity (Wildman–Crippen MR) is 78.7 cm³/mol. The number of rotatable bonds is 3. The van der Waals surface area contributed by atoms with Crippen LogP contribution in [0.3, 0.4) is 0 Å². The lowest BCUT2D eigenvalue weighted by atomic mass is 9.93. The van der Waals surface area contributed by atoms with Gasteiger partial charge in [-0.1, -0.05) is 0 Å². The van der Waals surface area contributed by atoms with Crippen molar-refractivity contribution in [2.24, 2.45) is 12.8 Å². The summed E-state index contributed by atoms with van der Waals surface area (Å²) in [5.74, 6) is 0.650. The molecule has 3 heterocycles. The maximum Gasteiger partial charge on any atom is 0.251 e. The van der Waals surface area contributed by atoms with E-state index in [1.807, 2.05) is 22.8 Å². The van der Waals surface area contributed by atoms with Crippen LogP contribution in [0.5, 0.6) is 0 Å². The van der Waals surface area contributed by atoms with Crippen LogP contribution in [0.4, 0.5) is 0 Å². The maximum absolute atomic E-state index is 12.5. The second-order valence-corrected chi connectivity index (χ2v) is 6.04. The van der Waals surface area contributed by atoms with Gasteiger partial charge in [0.2, 0.25) is 0 Å². The third-order valence-electron chi connectivity index (χ3n) is 4.73. The third-order valence-corrected chi connectivity index (χ3v) is 4.73. The lowest BCUT2D eigenvalue weighted by Gasteiger charge is -2.33. The second kappa shape index (κ2) is 6.15. The van der Waals surface area contributed by atoms with Crippen LogP contribution < -0.4 is 5.73 Å². The van der Waals surface area contributed by atoms with Gasteiger partial charge in [-0.25, -0.2) is 0 Å². The van der Waals surface area contributed by atoms with E-state index in [0.29, 0.717) is 12.5 Å². The zero-order valence-corrected chi connectivity index (χ0v) is 12.6. The molecule has 116 valence electrons. The first-order valence-electron chi connectivity index (χ1n) is 7.81. The van der Waals surface area contributed by atoms with Gasteiger partial charge in [-0.15, -0.1) is 0 Å². The number of hydrogen-bond donors (Lipinski definition) is 1. The zero-order valence-electron chi connectivity index (χ0n) is 12.6. The van der Waals surface area contributed by atoms with Crippen molar-refractivity contribution < 1.29 is 9.53 Å². The third kappa shape index (κ3) is 2.96. The molecule has 1 aromatic heterocycles. The summed E-state index contributed by atoms with van der Waals surface area (Å²) in [5, 5.41) is 4.23. The molecule has 0 spiro atoms. The van der Waals surface area contributed by atoms with Crippen LogP contribution >= 0.6 is 0 Å². The smallest absolute Gasteiger partial charge is 0.251 e. The number of nitrogens with zero attached hydrogens (tertiary/aromatic N) is 3. The van der Waals surface area contributed by atoms with Crippen LogP contribution in [0.1, 0.15) is 37.3 Å². The first-order chi connectivity index (χ1) is 10.2. The maximum atomic E-state index is 12.5. The number of ether oxygens (including phenoxy) is 1. The number of carbonyl (C=O) groups excluding carboxylic acids is 1. The Balaban J connectivity index is 1.54. The summed E-state index contributed by atoms with van der Waals surface area (Å²) in [7, 11) is 1.98.